The van der Waals surface area contributed by atoms with E-state index in [2.05, 4.69) is 10.1 Å². The molecule has 17 heavy (non-hydrogen) atoms. The monoisotopic (exact) mass is 239 g/mol. The number of nitrogens with one attached hydrogen (secondary N) is 1. The molecule has 0 radical (unpaired) electrons. The van der Waals surface area contributed by atoms with Crippen molar-refractivity contribution in [3.63, 3.8) is 0 Å². The number of carbonyl (C=O) groups is 2. The largest absolute Gasteiger partial charge is 0.465 e. The Morgan fingerprint density at radius 2 is 1.88 bits per heavy atom. The predicted octanol–water partition coefficient (Wildman–Crippen LogP) is -0.730. The van der Waals surface area contributed by atoms with Crippen molar-refractivity contribution < 1.29 is 24.5 Å². The van der Waals surface area contributed by atoms with Gasteiger partial charge in [-0.1, -0.05) is 18.2 Å². The fraction of sp³-hybridized carbons (Fsp3) is 0.273. The zero-order chi connectivity index (χ0) is 12.9. The molecule has 3 N–H and O–H groups in total. The van der Waals surface area contributed by atoms with E-state index >= 15 is 0 Å². The van der Waals surface area contributed by atoms with Gasteiger partial charge in [-0.25, -0.2) is 4.79 Å². The number of rotatable bonds is 4. The van der Waals surface area contributed by atoms with E-state index in [-0.39, 0.29) is 0 Å². The van der Waals surface area contributed by atoms with Gasteiger partial charge in [-0.15, -0.1) is 0 Å². The highest BCUT2D eigenvalue weighted by Gasteiger charge is 2.34. The fourth-order valence-corrected chi connectivity index (χ4v) is 1.13. The van der Waals surface area contributed by atoms with Crippen molar-refractivity contribution in [2.24, 2.45) is 0 Å². The van der Waals surface area contributed by atoms with E-state index in [1.807, 2.05) is 0 Å². The molecule has 0 aromatic heterocycles. The van der Waals surface area contributed by atoms with Crippen LogP contribution in [-0.4, -0.2) is 41.5 Å². The summed E-state index contributed by atoms with van der Waals surface area (Å²) < 4.78 is 4.16. The Morgan fingerprint density at radius 1 is 1.29 bits per heavy atom. The van der Waals surface area contributed by atoms with Crippen molar-refractivity contribution in [3.05, 3.63) is 35.9 Å². The molecule has 1 rings (SSSR count). The van der Waals surface area contributed by atoms with Gasteiger partial charge >= 0.3 is 5.97 Å². The standard InChI is InChI=1S/C11H13NO5/c1-17-10(14)11(15,16)7-12-9(13)8-5-3-2-4-6-8/h2-6,15-16H,7H2,1H3,(H,12,13). The Balaban J connectivity index is 2.57. The summed E-state index contributed by atoms with van der Waals surface area (Å²) in [6, 6.07) is 8.20. The summed E-state index contributed by atoms with van der Waals surface area (Å²) in [5.74, 6) is -4.47. The summed E-state index contributed by atoms with van der Waals surface area (Å²) in [7, 11) is 1.02. The minimum Gasteiger partial charge on any atom is -0.465 e. The first-order chi connectivity index (χ1) is 7.97. The van der Waals surface area contributed by atoms with Gasteiger partial charge < -0.3 is 20.3 Å². The number of hydrogen-bond donors (Lipinski definition) is 3. The fourth-order valence-electron chi connectivity index (χ4n) is 1.13. The van der Waals surface area contributed by atoms with Gasteiger partial charge in [-0.3, -0.25) is 4.79 Å². The summed E-state index contributed by atoms with van der Waals surface area (Å²) in [5.41, 5.74) is 0.355. The zero-order valence-corrected chi connectivity index (χ0v) is 9.21. The Bertz CT molecular complexity index is 402. The van der Waals surface area contributed by atoms with Crippen LogP contribution in [0.4, 0.5) is 0 Å². The number of methoxy groups -OCH3 is 1. The number of ether oxygens (including phenoxy) is 1. The molecule has 0 heterocycles. The summed E-state index contributed by atoms with van der Waals surface area (Å²) in [6.45, 7) is -0.645. The number of aliphatic hydroxyl groups is 2. The maximum Gasteiger partial charge on any atom is 0.368 e. The molecule has 0 spiro atoms. The van der Waals surface area contributed by atoms with E-state index in [0.29, 0.717) is 5.56 Å². The molecule has 0 atom stereocenters. The van der Waals surface area contributed by atoms with Crippen LogP contribution in [0.25, 0.3) is 0 Å². The molecular formula is C11H13NO5. The van der Waals surface area contributed by atoms with Crippen LogP contribution in [0.3, 0.4) is 0 Å². The Hall–Kier alpha value is -1.92. The van der Waals surface area contributed by atoms with Crippen LogP contribution in [0, 0.1) is 0 Å². The van der Waals surface area contributed by atoms with Crippen LogP contribution >= 0.6 is 0 Å². The lowest BCUT2D eigenvalue weighted by atomic mass is 10.2. The molecule has 0 bridgehead atoms. The van der Waals surface area contributed by atoms with Crippen LogP contribution in [0.15, 0.2) is 30.3 Å². The summed E-state index contributed by atoms with van der Waals surface area (Å²) in [6.07, 6.45) is 0. The van der Waals surface area contributed by atoms with Crippen molar-refractivity contribution in [1.82, 2.24) is 5.32 Å². The van der Waals surface area contributed by atoms with Gasteiger partial charge in [0, 0.05) is 5.56 Å². The molecule has 0 unspecified atom stereocenters. The van der Waals surface area contributed by atoms with E-state index < -0.39 is 24.2 Å². The molecule has 0 saturated heterocycles. The second-order valence-corrected chi connectivity index (χ2v) is 3.36. The zero-order valence-electron chi connectivity index (χ0n) is 9.21. The minimum absolute atomic E-state index is 0.355. The third kappa shape index (κ3) is 3.54. The van der Waals surface area contributed by atoms with Crippen LogP contribution in [0.5, 0.6) is 0 Å². The van der Waals surface area contributed by atoms with Gasteiger partial charge in [0.2, 0.25) is 0 Å². The number of amides is 1. The van der Waals surface area contributed by atoms with Gasteiger partial charge in [0.05, 0.1) is 13.7 Å². The Kier molecular flexibility index (Phi) is 4.19. The molecule has 0 aliphatic carbocycles. The summed E-state index contributed by atoms with van der Waals surface area (Å²) in [5, 5.41) is 20.7. The third-order valence-electron chi connectivity index (χ3n) is 2.04. The number of carbonyl (C=O) groups excluding carboxylic acids is 2. The Morgan fingerprint density at radius 3 is 2.41 bits per heavy atom. The molecule has 1 aromatic carbocycles. The lowest BCUT2D eigenvalue weighted by Crippen LogP contribution is -2.49. The SMILES string of the molecule is COC(=O)C(O)(O)CNC(=O)c1ccccc1. The van der Waals surface area contributed by atoms with Crippen molar-refractivity contribution in [2.75, 3.05) is 13.7 Å². The molecule has 6 nitrogen and oxygen atoms in total. The average Bonchev–Trinajstić information content (AvgIpc) is 2.36. The first-order valence-corrected chi connectivity index (χ1v) is 4.84. The quantitative estimate of drug-likeness (QED) is 0.475. The lowest BCUT2D eigenvalue weighted by molar-refractivity contribution is -0.204. The lowest BCUT2D eigenvalue weighted by Gasteiger charge is -2.18. The van der Waals surface area contributed by atoms with Crippen molar-refractivity contribution >= 4 is 11.9 Å². The second kappa shape index (κ2) is 5.42. The molecule has 0 aliphatic heterocycles. The van der Waals surface area contributed by atoms with Gasteiger partial charge in [0.25, 0.3) is 11.7 Å². The number of benzene rings is 1. The number of hydrogen-bond acceptors (Lipinski definition) is 5. The highest BCUT2D eigenvalue weighted by atomic mass is 16.6. The molecular weight excluding hydrogens is 226 g/mol. The molecule has 0 aliphatic rings. The van der Waals surface area contributed by atoms with Gasteiger partial charge in [0.15, 0.2) is 0 Å². The van der Waals surface area contributed by atoms with Crippen LogP contribution in [0.1, 0.15) is 10.4 Å². The summed E-state index contributed by atoms with van der Waals surface area (Å²) in [4.78, 5) is 22.4. The topological polar surface area (TPSA) is 95.9 Å². The van der Waals surface area contributed by atoms with Crippen molar-refractivity contribution in [1.29, 1.82) is 0 Å². The molecule has 0 fully saturated rings. The first kappa shape index (κ1) is 13.1. The van der Waals surface area contributed by atoms with Crippen molar-refractivity contribution in [2.45, 2.75) is 5.79 Å². The highest BCUT2D eigenvalue weighted by Crippen LogP contribution is 2.02. The highest BCUT2D eigenvalue weighted by molar-refractivity contribution is 5.94. The first-order valence-electron chi connectivity index (χ1n) is 4.84. The van der Waals surface area contributed by atoms with Gasteiger partial charge in [-0.2, -0.15) is 0 Å². The number of esters is 1. The second-order valence-electron chi connectivity index (χ2n) is 3.36. The van der Waals surface area contributed by atoms with Crippen LogP contribution in [-0.2, 0) is 9.53 Å². The van der Waals surface area contributed by atoms with E-state index in [0.717, 1.165) is 7.11 Å². The molecule has 1 amide bonds. The maximum absolute atomic E-state index is 11.5. The van der Waals surface area contributed by atoms with E-state index in [1.165, 1.54) is 0 Å². The van der Waals surface area contributed by atoms with Gasteiger partial charge in [0.1, 0.15) is 0 Å². The van der Waals surface area contributed by atoms with Crippen molar-refractivity contribution in [3.8, 4) is 0 Å². The normalized spacial score (nSPS) is 10.8. The van der Waals surface area contributed by atoms with E-state index in [9.17, 15) is 19.8 Å². The van der Waals surface area contributed by atoms with Crippen LogP contribution in [0.2, 0.25) is 0 Å². The summed E-state index contributed by atoms with van der Waals surface area (Å²) >= 11 is 0. The molecule has 92 valence electrons. The molecule has 6 heteroatoms. The third-order valence-corrected chi connectivity index (χ3v) is 2.04. The smallest absolute Gasteiger partial charge is 0.368 e. The maximum atomic E-state index is 11.5. The molecule has 1 aromatic rings. The Labute approximate surface area is 97.8 Å². The van der Waals surface area contributed by atoms with E-state index in [1.54, 1.807) is 30.3 Å². The average molecular weight is 239 g/mol. The minimum atomic E-state index is -2.72. The molecule has 0 saturated carbocycles. The van der Waals surface area contributed by atoms with Gasteiger partial charge in [-0.05, 0) is 12.1 Å². The predicted molar refractivity (Wildman–Crippen MR) is 58.0 cm³/mol. The van der Waals surface area contributed by atoms with Crippen LogP contribution < -0.4 is 5.32 Å². The van der Waals surface area contributed by atoms with E-state index in [4.69, 9.17) is 0 Å².